The molecule has 0 aliphatic carbocycles. The number of unbranched alkanes of at least 4 members (excludes halogenated alkanes) is 8. The van der Waals surface area contributed by atoms with Gasteiger partial charge in [-0.3, -0.25) is 0 Å². The Morgan fingerprint density at radius 1 is 0.500 bits per heavy atom. The highest BCUT2D eigenvalue weighted by Gasteiger charge is 2.34. The second-order valence-corrected chi connectivity index (χ2v) is 9.73. The maximum Gasteiger partial charge on any atom is 0.282 e. The van der Waals surface area contributed by atoms with Crippen molar-refractivity contribution in [3.05, 3.63) is 0 Å². The van der Waals surface area contributed by atoms with E-state index in [2.05, 4.69) is 48.5 Å². The van der Waals surface area contributed by atoms with E-state index in [0.717, 1.165) is 32.1 Å². The maximum absolute atomic E-state index is 6.40. The Morgan fingerprint density at radius 2 is 0.833 bits per heavy atom. The molecule has 3 heteroatoms. The second-order valence-electron chi connectivity index (χ2n) is 9.73. The van der Waals surface area contributed by atoms with Crippen LogP contribution in [0.3, 0.4) is 0 Å². The fourth-order valence-corrected chi connectivity index (χ4v) is 3.15. The number of ether oxygens (including phenoxy) is 3. The molecule has 0 aliphatic heterocycles. The van der Waals surface area contributed by atoms with E-state index in [-0.39, 0.29) is 0 Å². The number of hydrogen-bond donors (Lipinski definition) is 0. The molecule has 0 radical (unpaired) electrons. The zero-order chi connectivity index (χ0) is 22.7. The second kappa shape index (κ2) is 19.6. The van der Waals surface area contributed by atoms with Crippen molar-refractivity contribution in [1.29, 1.82) is 0 Å². The normalized spacial score (nSPS) is 16.9. The van der Waals surface area contributed by atoms with Crippen molar-refractivity contribution in [1.82, 2.24) is 0 Å². The van der Waals surface area contributed by atoms with Crippen LogP contribution < -0.4 is 0 Å². The van der Waals surface area contributed by atoms with Gasteiger partial charge in [0.2, 0.25) is 0 Å². The lowest BCUT2D eigenvalue weighted by atomic mass is 10.1. The highest BCUT2D eigenvalue weighted by atomic mass is 16.9. The first-order valence-electron chi connectivity index (χ1n) is 13.3. The van der Waals surface area contributed by atoms with Crippen LogP contribution in [0.4, 0.5) is 0 Å². The van der Waals surface area contributed by atoms with Gasteiger partial charge in [-0.2, -0.15) is 0 Å². The lowest BCUT2D eigenvalue weighted by Gasteiger charge is -2.36. The molecule has 0 aromatic heterocycles. The van der Waals surface area contributed by atoms with E-state index in [9.17, 15) is 0 Å². The van der Waals surface area contributed by atoms with E-state index >= 15 is 0 Å². The highest BCUT2D eigenvalue weighted by molar-refractivity contribution is 4.64. The predicted molar refractivity (Wildman–Crippen MR) is 131 cm³/mol. The van der Waals surface area contributed by atoms with Gasteiger partial charge in [-0.1, -0.05) is 119 Å². The van der Waals surface area contributed by atoms with E-state index in [1.807, 2.05) is 0 Å². The van der Waals surface area contributed by atoms with Crippen molar-refractivity contribution in [3.8, 4) is 0 Å². The minimum Gasteiger partial charge on any atom is -0.327 e. The summed E-state index contributed by atoms with van der Waals surface area (Å²) in [6, 6.07) is 0. The van der Waals surface area contributed by atoms with Crippen molar-refractivity contribution in [2.24, 2.45) is 17.8 Å². The molecule has 0 heterocycles. The summed E-state index contributed by atoms with van der Waals surface area (Å²) in [5, 5.41) is 0. The molecular formula is C27H56O3. The Morgan fingerprint density at radius 3 is 1.17 bits per heavy atom. The van der Waals surface area contributed by atoms with Gasteiger partial charge >= 0.3 is 0 Å². The number of rotatable bonds is 22. The molecule has 30 heavy (non-hydrogen) atoms. The Hall–Kier alpha value is -0.120. The molecule has 0 aromatic rings. The first-order chi connectivity index (χ1) is 14.4. The SMILES string of the molecule is CCCCCCCCCCCC(OCC(C)CC)(OCC(C)CC)OCC(C)CC. The van der Waals surface area contributed by atoms with Crippen molar-refractivity contribution < 1.29 is 14.2 Å². The van der Waals surface area contributed by atoms with E-state index in [1.165, 1.54) is 51.4 Å². The molecule has 0 aliphatic rings. The molecule has 0 spiro atoms. The molecule has 0 rings (SSSR count). The quantitative estimate of drug-likeness (QED) is 0.127. The minimum absolute atomic E-state index is 0.520. The average molecular weight is 429 g/mol. The van der Waals surface area contributed by atoms with E-state index < -0.39 is 5.97 Å². The van der Waals surface area contributed by atoms with Crippen LogP contribution in [0.15, 0.2) is 0 Å². The Balaban J connectivity index is 4.74. The Labute approximate surface area is 190 Å². The van der Waals surface area contributed by atoms with Gasteiger partial charge in [-0.25, -0.2) is 0 Å². The molecule has 0 saturated carbocycles. The van der Waals surface area contributed by atoms with E-state index in [4.69, 9.17) is 14.2 Å². The van der Waals surface area contributed by atoms with Crippen LogP contribution in [-0.4, -0.2) is 25.8 Å². The van der Waals surface area contributed by atoms with Crippen LogP contribution in [0.25, 0.3) is 0 Å². The fraction of sp³-hybridized carbons (Fsp3) is 1.00. The largest absolute Gasteiger partial charge is 0.327 e. The molecule has 182 valence electrons. The lowest BCUT2D eigenvalue weighted by molar-refractivity contribution is -0.391. The summed E-state index contributed by atoms with van der Waals surface area (Å²) in [5.41, 5.74) is 0. The van der Waals surface area contributed by atoms with E-state index in [0.29, 0.717) is 37.6 Å². The molecule has 0 aromatic carbocycles. The summed E-state index contributed by atoms with van der Waals surface area (Å²) in [4.78, 5) is 0. The van der Waals surface area contributed by atoms with Crippen LogP contribution in [0.2, 0.25) is 0 Å². The van der Waals surface area contributed by atoms with Crippen molar-refractivity contribution >= 4 is 0 Å². The van der Waals surface area contributed by atoms with Crippen LogP contribution in [0.5, 0.6) is 0 Å². The summed E-state index contributed by atoms with van der Waals surface area (Å²) in [6.45, 7) is 17.8. The molecular weight excluding hydrogens is 372 g/mol. The van der Waals surface area contributed by atoms with Crippen LogP contribution >= 0.6 is 0 Å². The third-order valence-corrected chi connectivity index (χ3v) is 6.44. The summed E-state index contributed by atoms with van der Waals surface area (Å²) < 4.78 is 19.2. The zero-order valence-corrected chi connectivity index (χ0v) is 21.8. The van der Waals surface area contributed by atoms with Gasteiger partial charge in [0, 0.05) is 6.42 Å². The van der Waals surface area contributed by atoms with Gasteiger partial charge in [0.15, 0.2) is 0 Å². The van der Waals surface area contributed by atoms with Gasteiger partial charge in [-0.15, -0.1) is 0 Å². The molecule has 0 bridgehead atoms. The average Bonchev–Trinajstić information content (AvgIpc) is 2.77. The Kier molecular flexibility index (Phi) is 19.5. The molecule has 3 unspecified atom stereocenters. The predicted octanol–water partition coefficient (Wildman–Crippen LogP) is 8.75. The van der Waals surface area contributed by atoms with Gasteiger partial charge in [0.25, 0.3) is 5.97 Å². The summed E-state index contributed by atoms with van der Waals surface area (Å²) in [6.07, 6.45) is 16.1. The summed E-state index contributed by atoms with van der Waals surface area (Å²) in [5.74, 6) is 0.697. The molecule has 0 amide bonds. The standard InChI is InChI=1S/C27H56O3/c1-8-12-13-14-15-16-17-18-19-20-27(28-21-24(5)9-2,29-22-25(6)10-3)30-23-26(7)11-4/h24-26H,8-23H2,1-7H3. The van der Waals surface area contributed by atoms with Crippen molar-refractivity contribution in [2.75, 3.05) is 19.8 Å². The van der Waals surface area contributed by atoms with Gasteiger partial charge < -0.3 is 14.2 Å². The number of hydrogen-bond acceptors (Lipinski definition) is 3. The molecule has 3 atom stereocenters. The monoisotopic (exact) mass is 428 g/mol. The molecule has 0 N–H and O–H groups in total. The van der Waals surface area contributed by atoms with Gasteiger partial charge in [0.1, 0.15) is 0 Å². The third-order valence-electron chi connectivity index (χ3n) is 6.44. The summed E-state index contributed by atoms with van der Waals surface area (Å²) in [7, 11) is 0. The van der Waals surface area contributed by atoms with Gasteiger partial charge in [-0.05, 0) is 24.2 Å². The van der Waals surface area contributed by atoms with Crippen molar-refractivity contribution in [3.63, 3.8) is 0 Å². The van der Waals surface area contributed by atoms with E-state index in [1.54, 1.807) is 0 Å². The van der Waals surface area contributed by atoms with Crippen molar-refractivity contribution in [2.45, 2.75) is 138 Å². The first-order valence-corrected chi connectivity index (χ1v) is 13.3. The van der Waals surface area contributed by atoms with Gasteiger partial charge in [0.05, 0.1) is 19.8 Å². The minimum atomic E-state index is -0.864. The van der Waals surface area contributed by atoms with Crippen LogP contribution in [0.1, 0.15) is 132 Å². The highest BCUT2D eigenvalue weighted by Crippen LogP contribution is 2.28. The maximum atomic E-state index is 6.40. The topological polar surface area (TPSA) is 27.7 Å². The molecule has 0 fully saturated rings. The molecule has 0 saturated heterocycles. The zero-order valence-electron chi connectivity index (χ0n) is 21.8. The lowest BCUT2D eigenvalue weighted by Crippen LogP contribution is -2.42. The third kappa shape index (κ3) is 15.6. The Bertz CT molecular complexity index is 322. The van der Waals surface area contributed by atoms with Crippen LogP contribution in [-0.2, 0) is 14.2 Å². The first kappa shape index (κ1) is 29.9. The summed E-state index contributed by atoms with van der Waals surface area (Å²) >= 11 is 0. The molecule has 3 nitrogen and oxygen atoms in total. The fourth-order valence-electron chi connectivity index (χ4n) is 3.15. The smallest absolute Gasteiger partial charge is 0.282 e. The van der Waals surface area contributed by atoms with Crippen LogP contribution in [0, 0.1) is 17.8 Å².